The minimum absolute atomic E-state index is 0.247. The lowest BCUT2D eigenvalue weighted by atomic mass is 10.1. The van der Waals surface area contributed by atoms with Gasteiger partial charge >= 0.3 is 6.03 Å². The zero-order valence-electron chi connectivity index (χ0n) is 10.6. The van der Waals surface area contributed by atoms with Crippen LogP contribution in [-0.4, -0.2) is 18.5 Å². The fourth-order valence-corrected chi connectivity index (χ4v) is 1.78. The molecule has 3 N–H and O–H groups in total. The molecule has 0 saturated carbocycles. The first-order valence-electron chi connectivity index (χ1n) is 5.62. The Bertz CT molecular complexity index is 605. The highest BCUT2D eigenvalue weighted by atomic mass is 79.9. The van der Waals surface area contributed by atoms with E-state index < -0.39 is 11.9 Å². The van der Waals surface area contributed by atoms with Crippen LogP contribution < -0.4 is 15.8 Å². The van der Waals surface area contributed by atoms with E-state index in [0.717, 1.165) is 4.47 Å². The monoisotopic (exact) mass is 337 g/mol. The number of rotatable bonds is 4. The maximum absolute atomic E-state index is 11.6. The summed E-state index contributed by atoms with van der Waals surface area (Å²) in [6, 6.07) is 5.88. The molecule has 20 heavy (non-hydrogen) atoms. The van der Waals surface area contributed by atoms with Gasteiger partial charge in [0.05, 0.1) is 6.61 Å². The number of nitrogens with two attached hydrogens (primary N) is 1. The molecule has 0 atom stereocenters. The first-order chi connectivity index (χ1) is 9.47. The third-order valence-electron chi connectivity index (χ3n) is 2.17. The van der Waals surface area contributed by atoms with Gasteiger partial charge in [0.1, 0.15) is 17.4 Å². The second kappa shape index (κ2) is 7.31. The van der Waals surface area contributed by atoms with Gasteiger partial charge in [-0.15, -0.1) is 0 Å². The zero-order chi connectivity index (χ0) is 15.1. The molecule has 0 aliphatic carbocycles. The van der Waals surface area contributed by atoms with Crippen LogP contribution >= 0.6 is 15.9 Å². The number of carbonyl (C=O) groups excluding carboxylic acids is 2. The van der Waals surface area contributed by atoms with Crippen molar-refractivity contribution in [3.05, 3.63) is 33.8 Å². The van der Waals surface area contributed by atoms with Crippen molar-refractivity contribution < 1.29 is 14.3 Å². The predicted molar refractivity (Wildman–Crippen MR) is 76.6 cm³/mol. The summed E-state index contributed by atoms with van der Waals surface area (Å²) in [5, 5.41) is 10.8. The number of hydrogen-bond acceptors (Lipinski definition) is 4. The van der Waals surface area contributed by atoms with Crippen molar-refractivity contribution in [2.24, 2.45) is 5.73 Å². The molecular formula is C13H12BrN3O3. The van der Waals surface area contributed by atoms with E-state index in [1.807, 2.05) is 12.2 Å². The maximum Gasteiger partial charge on any atom is 0.319 e. The number of benzene rings is 1. The number of nitrogens with one attached hydrogen (secondary N) is 1. The number of carbonyl (C=O) groups is 2. The number of ether oxygens (including phenoxy) is 1. The van der Waals surface area contributed by atoms with Crippen molar-refractivity contribution >= 4 is 33.9 Å². The summed E-state index contributed by atoms with van der Waals surface area (Å²) >= 11 is 3.29. The summed E-state index contributed by atoms with van der Waals surface area (Å²) in [6.45, 7) is 2.26. The molecule has 3 amide bonds. The SMILES string of the molecule is CCOc1ccc(Br)cc1/C=C(/C#N)C(=O)NC(N)=O. The van der Waals surface area contributed by atoms with Gasteiger partial charge in [0.15, 0.2) is 0 Å². The van der Waals surface area contributed by atoms with Gasteiger partial charge in [-0.25, -0.2) is 4.79 Å². The van der Waals surface area contributed by atoms with E-state index in [4.69, 9.17) is 15.7 Å². The second-order valence-electron chi connectivity index (χ2n) is 3.60. The molecule has 1 aromatic carbocycles. The van der Waals surface area contributed by atoms with Crippen molar-refractivity contribution in [1.82, 2.24) is 5.32 Å². The summed E-state index contributed by atoms with van der Waals surface area (Å²) in [6.07, 6.45) is 1.33. The summed E-state index contributed by atoms with van der Waals surface area (Å²) < 4.78 is 6.16. The zero-order valence-corrected chi connectivity index (χ0v) is 12.2. The number of urea groups is 1. The Labute approximate surface area is 124 Å². The Kier molecular flexibility index (Phi) is 5.74. The number of hydrogen-bond donors (Lipinski definition) is 2. The molecule has 0 aliphatic heterocycles. The van der Waals surface area contributed by atoms with Gasteiger partial charge in [-0.3, -0.25) is 10.1 Å². The lowest BCUT2D eigenvalue weighted by molar-refractivity contribution is -0.115. The Balaban J connectivity index is 3.18. The minimum atomic E-state index is -1.02. The highest BCUT2D eigenvalue weighted by Crippen LogP contribution is 2.25. The molecule has 0 heterocycles. The van der Waals surface area contributed by atoms with Crippen LogP contribution in [0.15, 0.2) is 28.2 Å². The smallest absolute Gasteiger partial charge is 0.319 e. The average Bonchev–Trinajstić information content (AvgIpc) is 2.38. The Hall–Kier alpha value is -2.33. The quantitative estimate of drug-likeness (QED) is 0.646. The van der Waals surface area contributed by atoms with Crippen LogP contribution in [0.25, 0.3) is 6.08 Å². The van der Waals surface area contributed by atoms with Crippen LogP contribution in [0, 0.1) is 11.3 Å². The average molecular weight is 338 g/mol. The molecule has 0 unspecified atom stereocenters. The lowest BCUT2D eigenvalue weighted by Gasteiger charge is -2.08. The van der Waals surface area contributed by atoms with Crippen LogP contribution in [0.3, 0.4) is 0 Å². The molecule has 6 nitrogen and oxygen atoms in total. The third-order valence-corrected chi connectivity index (χ3v) is 2.67. The first-order valence-corrected chi connectivity index (χ1v) is 6.42. The van der Waals surface area contributed by atoms with Gasteiger partial charge in [0.25, 0.3) is 5.91 Å². The number of imide groups is 1. The Morgan fingerprint density at radius 1 is 1.55 bits per heavy atom. The van der Waals surface area contributed by atoms with Gasteiger partial charge in [-0.1, -0.05) is 15.9 Å². The van der Waals surface area contributed by atoms with Gasteiger partial charge in [0, 0.05) is 10.0 Å². The maximum atomic E-state index is 11.6. The molecule has 7 heteroatoms. The minimum Gasteiger partial charge on any atom is -0.493 e. The summed E-state index contributed by atoms with van der Waals surface area (Å²) in [5.41, 5.74) is 5.13. The third kappa shape index (κ3) is 4.40. The fraction of sp³-hybridized carbons (Fsp3) is 0.154. The van der Waals surface area contributed by atoms with E-state index in [0.29, 0.717) is 17.9 Å². The Morgan fingerprint density at radius 2 is 2.25 bits per heavy atom. The van der Waals surface area contributed by atoms with Crippen LogP contribution in [-0.2, 0) is 4.79 Å². The molecule has 0 aromatic heterocycles. The predicted octanol–water partition coefficient (Wildman–Crippen LogP) is 1.95. The molecular weight excluding hydrogens is 326 g/mol. The summed E-state index contributed by atoms with van der Waals surface area (Å²) in [7, 11) is 0. The van der Waals surface area contributed by atoms with E-state index >= 15 is 0 Å². The van der Waals surface area contributed by atoms with Crippen LogP contribution in [0.5, 0.6) is 5.75 Å². The van der Waals surface area contributed by atoms with Crippen molar-refractivity contribution in [1.29, 1.82) is 5.26 Å². The second-order valence-corrected chi connectivity index (χ2v) is 4.52. The molecule has 104 valence electrons. The van der Waals surface area contributed by atoms with E-state index in [2.05, 4.69) is 15.9 Å². The number of amides is 3. The fourth-order valence-electron chi connectivity index (χ4n) is 1.40. The van der Waals surface area contributed by atoms with E-state index in [9.17, 15) is 9.59 Å². The van der Waals surface area contributed by atoms with Gasteiger partial charge in [-0.2, -0.15) is 5.26 Å². The number of nitriles is 1. The van der Waals surface area contributed by atoms with Crippen LogP contribution in [0.4, 0.5) is 4.79 Å². The van der Waals surface area contributed by atoms with Gasteiger partial charge in [0.2, 0.25) is 0 Å². The van der Waals surface area contributed by atoms with Gasteiger partial charge < -0.3 is 10.5 Å². The molecule has 1 rings (SSSR count). The van der Waals surface area contributed by atoms with Crippen molar-refractivity contribution in [3.8, 4) is 11.8 Å². The largest absolute Gasteiger partial charge is 0.493 e. The number of halogens is 1. The first kappa shape index (κ1) is 15.7. The molecule has 0 fully saturated rings. The molecule has 0 aliphatic rings. The topological polar surface area (TPSA) is 105 Å². The van der Waals surface area contributed by atoms with E-state index in [1.165, 1.54) is 6.08 Å². The molecule has 0 spiro atoms. The van der Waals surface area contributed by atoms with E-state index in [1.54, 1.807) is 24.3 Å². The number of nitrogens with zero attached hydrogens (tertiary/aromatic N) is 1. The molecule has 0 bridgehead atoms. The molecule has 0 radical (unpaired) electrons. The summed E-state index contributed by atoms with van der Waals surface area (Å²) in [4.78, 5) is 22.2. The van der Waals surface area contributed by atoms with Crippen molar-refractivity contribution in [2.75, 3.05) is 6.61 Å². The van der Waals surface area contributed by atoms with E-state index in [-0.39, 0.29) is 5.57 Å². The Morgan fingerprint density at radius 3 is 2.80 bits per heavy atom. The standard InChI is InChI=1S/C13H12BrN3O3/c1-2-20-11-4-3-10(14)6-8(11)5-9(7-15)12(18)17-13(16)19/h3-6H,2H2,1H3,(H3,16,17,18,19)/b9-5-. The lowest BCUT2D eigenvalue weighted by Crippen LogP contribution is -2.35. The molecule has 0 saturated heterocycles. The normalized spacial score (nSPS) is 10.6. The van der Waals surface area contributed by atoms with Crippen LogP contribution in [0.1, 0.15) is 12.5 Å². The highest BCUT2D eigenvalue weighted by Gasteiger charge is 2.12. The highest BCUT2D eigenvalue weighted by molar-refractivity contribution is 9.10. The van der Waals surface area contributed by atoms with Crippen molar-refractivity contribution in [3.63, 3.8) is 0 Å². The van der Waals surface area contributed by atoms with Crippen LogP contribution in [0.2, 0.25) is 0 Å². The number of primary amides is 1. The summed E-state index contributed by atoms with van der Waals surface area (Å²) in [5.74, 6) is -0.335. The van der Waals surface area contributed by atoms with Crippen molar-refractivity contribution in [2.45, 2.75) is 6.92 Å². The molecule has 1 aromatic rings. The van der Waals surface area contributed by atoms with Gasteiger partial charge in [-0.05, 0) is 31.2 Å².